The summed E-state index contributed by atoms with van der Waals surface area (Å²) >= 11 is 0. The highest BCUT2D eigenvalue weighted by Crippen LogP contribution is 2.20. The lowest BCUT2D eigenvalue weighted by molar-refractivity contribution is 0.254. The molecule has 0 atom stereocenters. The van der Waals surface area contributed by atoms with Gasteiger partial charge in [0.25, 0.3) is 0 Å². The van der Waals surface area contributed by atoms with E-state index in [1.807, 2.05) is 0 Å². The van der Waals surface area contributed by atoms with Crippen LogP contribution in [0.3, 0.4) is 0 Å². The Labute approximate surface area is 107 Å². The summed E-state index contributed by atoms with van der Waals surface area (Å²) in [7, 11) is -3.30. The second-order valence-corrected chi connectivity index (χ2v) is 6.61. The summed E-state index contributed by atoms with van der Waals surface area (Å²) in [6, 6.07) is 0. The molecule has 2 rings (SSSR count). The third-order valence-corrected chi connectivity index (χ3v) is 5.09. The van der Waals surface area contributed by atoms with Crippen molar-refractivity contribution in [2.75, 3.05) is 38.5 Å². The molecule has 0 amide bonds. The third-order valence-electron chi connectivity index (χ3n) is 3.16. The van der Waals surface area contributed by atoms with Gasteiger partial charge in [-0.3, -0.25) is 4.90 Å². The monoisotopic (exact) mass is 273 g/mol. The van der Waals surface area contributed by atoms with Crippen LogP contribution < -0.4 is 5.32 Å². The number of piperazine rings is 1. The minimum Gasteiger partial charge on any atom is -0.360 e. The van der Waals surface area contributed by atoms with Gasteiger partial charge in [0, 0.05) is 32.7 Å². The standard InChI is InChI=1S/C11H19N3O3S/c1-9-11(10(2)17-13-9)18(15,16)8-7-14-5-3-12-4-6-14/h12H,3-8H2,1-2H3. The lowest BCUT2D eigenvalue weighted by Crippen LogP contribution is -2.45. The number of hydrogen-bond acceptors (Lipinski definition) is 6. The maximum absolute atomic E-state index is 12.2. The van der Waals surface area contributed by atoms with Crippen molar-refractivity contribution in [1.82, 2.24) is 15.4 Å². The first-order valence-electron chi connectivity index (χ1n) is 6.09. The van der Waals surface area contributed by atoms with Gasteiger partial charge in [0.1, 0.15) is 4.90 Å². The van der Waals surface area contributed by atoms with Crippen LogP contribution in [-0.2, 0) is 9.84 Å². The van der Waals surface area contributed by atoms with E-state index in [0.29, 0.717) is 18.0 Å². The minimum absolute atomic E-state index is 0.121. The number of sulfone groups is 1. The summed E-state index contributed by atoms with van der Waals surface area (Å²) in [5.41, 5.74) is 0.452. The highest BCUT2D eigenvalue weighted by molar-refractivity contribution is 7.91. The van der Waals surface area contributed by atoms with Crippen LogP contribution in [0.25, 0.3) is 0 Å². The first-order valence-corrected chi connectivity index (χ1v) is 7.74. The molecule has 7 heteroatoms. The van der Waals surface area contributed by atoms with Crippen LogP contribution in [-0.4, -0.2) is 57.0 Å². The highest BCUT2D eigenvalue weighted by atomic mass is 32.2. The van der Waals surface area contributed by atoms with Crippen LogP contribution in [0.15, 0.2) is 9.42 Å². The number of rotatable bonds is 4. The maximum Gasteiger partial charge on any atom is 0.184 e. The molecule has 1 N–H and O–H groups in total. The van der Waals surface area contributed by atoms with E-state index in [1.54, 1.807) is 13.8 Å². The number of hydrogen-bond donors (Lipinski definition) is 1. The summed E-state index contributed by atoms with van der Waals surface area (Å²) in [4.78, 5) is 2.42. The molecule has 1 aliphatic rings. The van der Waals surface area contributed by atoms with E-state index in [0.717, 1.165) is 26.2 Å². The van der Waals surface area contributed by atoms with E-state index in [1.165, 1.54) is 0 Å². The van der Waals surface area contributed by atoms with E-state index in [4.69, 9.17) is 4.52 Å². The van der Waals surface area contributed by atoms with E-state index in [-0.39, 0.29) is 10.6 Å². The van der Waals surface area contributed by atoms with Crippen LogP contribution >= 0.6 is 0 Å². The molecule has 0 unspecified atom stereocenters. The zero-order valence-corrected chi connectivity index (χ0v) is 11.6. The van der Waals surface area contributed by atoms with Gasteiger partial charge < -0.3 is 9.84 Å². The molecule has 1 fully saturated rings. The molecule has 2 heterocycles. The zero-order chi connectivity index (χ0) is 13.2. The van der Waals surface area contributed by atoms with Gasteiger partial charge in [0.05, 0.1) is 11.4 Å². The van der Waals surface area contributed by atoms with Gasteiger partial charge in [-0.15, -0.1) is 0 Å². The van der Waals surface area contributed by atoms with Crippen LogP contribution in [0.4, 0.5) is 0 Å². The van der Waals surface area contributed by atoms with Gasteiger partial charge in [-0.1, -0.05) is 5.16 Å². The van der Waals surface area contributed by atoms with Gasteiger partial charge in [0.15, 0.2) is 15.6 Å². The lowest BCUT2D eigenvalue weighted by Gasteiger charge is -2.26. The van der Waals surface area contributed by atoms with E-state index in [2.05, 4.69) is 15.4 Å². The Morgan fingerprint density at radius 2 is 2.00 bits per heavy atom. The first kappa shape index (κ1) is 13.5. The van der Waals surface area contributed by atoms with Gasteiger partial charge >= 0.3 is 0 Å². The summed E-state index contributed by atoms with van der Waals surface area (Å²) < 4.78 is 29.4. The third kappa shape index (κ3) is 2.90. The Morgan fingerprint density at radius 1 is 1.33 bits per heavy atom. The molecule has 1 saturated heterocycles. The van der Waals surface area contributed by atoms with Crippen LogP contribution in [0.5, 0.6) is 0 Å². The summed E-state index contributed by atoms with van der Waals surface area (Å²) in [6.07, 6.45) is 0. The SMILES string of the molecule is Cc1noc(C)c1S(=O)(=O)CCN1CCNCC1. The fraction of sp³-hybridized carbons (Fsp3) is 0.727. The molecular formula is C11H19N3O3S. The van der Waals surface area contributed by atoms with Crippen molar-refractivity contribution in [3.63, 3.8) is 0 Å². The van der Waals surface area contributed by atoms with Crippen molar-refractivity contribution in [2.24, 2.45) is 0 Å². The molecule has 1 aliphatic heterocycles. The predicted molar refractivity (Wildman–Crippen MR) is 67.3 cm³/mol. The Kier molecular flexibility index (Phi) is 4.04. The Bertz CT molecular complexity index is 484. The van der Waals surface area contributed by atoms with Crippen LogP contribution in [0.2, 0.25) is 0 Å². The largest absolute Gasteiger partial charge is 0.360 e. The van der Waals surface area contributed by atoms with Crippen LogP contribution in [0.1, 0.15) is 11.5 Å². The van der Waals surface area contributed by atoms with E-state index >= 15 is 0 Å². The van der Waals surface area contributed by atoms with E-state index < -0.39 is 9.84 Å². The Balaban J connectivity index is 2.03. The fourth-order valence-electron chi connectivity index (χ4n) is 2.20. The average Bonchev–Trinajstić information content (AvgIpc) is 2.69. The van der Waals surface area contributed by atoms with Crippen molar-refractivity contribution in [3.05, 3.63) is 11.5 Å². The van der Waals surface area contributed by atoms with Crippen molar-refractivity contribution in [1.29, 1.82) is 0 Å². The molecule has 6 nitrogen and oxygen atoms in total. The Hall–Kier alpha value is -0.920. The Morgan fingerprint density at radius 3 is 2.56 bits per heavy atom. The molecule has 0 radical (unpaired) electrons. The average molecular weight is 273 g/mol. The molecule has 0 spiro atoms. The summed E-state index contributed by atoms with van der Waals surface area (Å²) in [5.74, 6) is 0.503. The first-order chi connectivity index (χ1) is 8.50. The second-order valence-electron chi connectivity index (χ2n) is 4.56. The fourth-order valence-corrected chi connectivity index (χ4v) is 3.87. The summed E-state index contributed by atoms with van der Waals surface area (Å²) in [5, 5.41) is 6.94. The molecule has 18 heavy (non-hydrogen) atoms. The molecule has 0 saturated carbocycles. The quantitative estimate of drug-likeness (QED) is 0.830. The zero-order valence-electron chi connectivity index (χ0n) is 10.8. The summed E-state index contributed by atoms with van der Waals surface area (Å²) in [6.45, 7) is 7.50. The van der Waals surface area contributed by atoms with Crippen LogP contribution in [0, 0.1) is 13.8 Å². The molecule has 1 aromatic rings. The molecule has 0 aromatic carbocycles. The molecule has 102 valence electrons. The van der Waals surface area contributed by atoms with Gasteiger partial charge in [-0.25, -0.2) is 8.42 Å². The van der Waals surface area contributed by atoms with Gasteiger partial charge in [-0.2, -0.15) is 0 Å². The number of aryl methyl sites for hydroxylation is 2. The maximum atomic E-state index is 12.2. The molecular weight excluding hydrogens is 254 g/mol. The van der Waals surface area contributed by atoms with Crippen molar-refractivity contribution < 1.29 is 12.9 Å². The lowest BCUT2D eigenvalue weighted by atomic mass is 10.4. The predicted octanol–water partition coefficient (Wildman–Crippen LogP) is -0.0297. The smallest absolute Gasteiger partial charge is 0.184 e. The number of aromatic nitrogens is 1. The normalized spacial score (nSPS) is 18.1. The second kappa shape index (κ2) is 5.38. The van der Waals surface area contributed by atoms with Crippen molar-refractivity contribution in [3.8, 4) is 0 Å². The van der Waals surface area contributed by atoms with Gasteiger partial charge in [-0.05, 0) is 13.8 Å². The topological polar surface area (TPSA) is 75.4 Å². The molecule has 0 aliphatic carbocycles. The van der Waals surface area contributed by atoms with Gasteiger partial charge in [0.2, 0.25) is 0 Å². The number of nitrogens with one attached hydrogen (secondary N) is 1. The molecule has 1 aromatic heterocycles. The van der Waals surface area contributed by atoms with Crippen molar-refractivity contribution >= 4 is 9.84 Å². The highest BCUT2D eigenvalue weighted by Gasteiger charge is 2.25. The minimum atomic E-state index is -3.30. The molecule has 0 bridgehead atoms. The van der Waals surface area contributed by atoms with Crippen molar-refractivity contribution in [2.45, 2.75) is 18.7 Å². The van der Waals surface area contributed by atoms with E-state index in [9.17, 15) is 8.42 Å². The number of nitrogens with zero attached hydrogens (tertiary/aromatic N) is 2.